The van der Waals surface area contributed by atoms with Crippen molar-refractivity contribution in [3.8, 4) is 5.75 Å². The topological polar surface area (TPSA) is 80.4 Å². The molecule has 0 bridgehead atoms. The summed E-state index contributed by atoms with van der Waals surface area (Å²) in [6, 6.07) is 5.51. The molecule has 2 heterocycles. The highest BCUT2D eigenvalue weighted by molar-refractivity contribution is 6.31. The first-order valence-corrected chi connectivity index (χ1v) is 8.22. The van der Waals surface area contributed by atoms with Crippen molar-refractivity contribution >= 4 is 23.5 Å². The fraction of sp³-hybridized carbons (Fsp3) is 0.438. The van der Waals surface area contributed by atoms with Gasteiger partial charge >= 0.3 is 0 Å². The Morgan fingerprint density at radius 1 is 1.17 bits per heavy atom. The van der Waals surface area contributed by atoms with Crippen LogP contribution >= 0.6 is 11.6 Å². The van der Waals surface area contributed by atoms with Crippen LogP contribution in [0.1, 0.15) is 11.4 Å². The first-order chi connectivity index (χ1) is 11.5. The second-order valence-electron chi connectivity index (χ2n) is 5.90. The Bertz CT molecular complexity index is 718. The van der Waals surface area contributed by atoms with Gasteiger partial charge in [-0.1, -0.05) is 11.6 Å². The highest BCUT2D eigenvalue weighted by Crippen LogP contribution is 2.22. The van der Waals surface area contributed by atoms with Gasteiger partial charge in [0, 0.05) is 31.2 Å². The van der Waals surface area contributed by atoms with Gasteiger partial charge < -0.3 is 20.3 Å². The first kappa shape index (κ1) is 16.7. The Balaban J connectivity index is 1.70. The molecule has 1 aliphatic rings. The van der Waals surface area contributed by atoms with E-state index in [4.69, 9.17) is 22.1 Å². The number of hydrogen-bond acceptors (Lipinski definition) is 7. The Morgan fingerprint density at radius 3 is 2.62 bits per heavy atom. The molecule has 2 aromatic rings. The van der Waals surface area contributed by atoms with Crippen LogP contribution in [0.5, 0.6) is 5.75 Å². The van der Waals surface area contributed by atoms with Crippen molar-refractivity contribution < 1.29 is 4.74 Å². The maximum Gasteiger partial charge on any atom is 0.230 e. The highest BCUT2D eigenvalue weighted by atomic mass is 35.5. The number of rotatable bonds is 4. The average molecular weight is 349 g/mol. The average Bonchev–Trinajstić information content (AvgIpc) is 2.56. The van der Waals surface area contributed by atoms with Crippen LogP contribution in [0.2, 0.25) is 5.02 Å². The molecule has 1 aromatic heterocycles. The number of nitrogens with zero attached hydrogens (tertiary/aromatic N) is 5. The van der Waals surface area contributed by atoms with E-state index in [0.717, 1.165) is 37.5 Å². The van der Waals surface area contributed by atoms with Gasteiger partial charge in [0.2, 0.25) is 11.9 Å². The van der Waals surface area contributed by atoms with E-state index >= 15 is 0 Å². The maximum absolute atomic E-state index is 6.02. The second-order valence-corrected chi connectivity index (χ2v) is 6.31. The van der Waals surface area contributed by atoms with Crippen LogP contribution in [0.3, 0.4) is 0 Å². The monoisotopic (exact) mass is 348 g/mol. The highest BCUT2D eigenvalue weighted by Gasteiger charge is 2.18. The van der Waals surface area contributed by atoms with E-state index in [0.29, 0.717) is 16.8 Å². The van der Waals surface area contributed by atoms with Gasteiger partial charge in [-0.05, 0) is 37.7 Å². The van der Waals surface area contributed by atoms with Gasteiger partial charge in [0.15, 0.2) is 5.82 Å². The van der Waals surface area contributed by atoms with E-state index in [1.165, 1.54) is 0 Å². The lowest BCUT2D eigenvalue weighted by molar-refractivity contribution is 0.294. The molecule has 128 valence electrons. The van der Waals surface area contributed by atoms with Crippen LogP contribution < -0.4 is 15.4 Å². The molecule has 0 aliphatic carbocycles. The molecule has 1 fully saturated rings. The van der Waals surface area contributed by atoms with E-state index in [9.17, 15) is 0 Å². The molecule has 0 unspecified atom stereocenters. The quantitative estimate of drug-likeness (QED) is 0.901. The number of hydrogen-bond donors (Lipinski definition) is 1. The molecule has 2 N–H and O–H groups in total. The molecule has 24 heavy (non-hydrogen) atoms. The number of nitrogens with two attached hydrogens (primary N) is 1. The first-order valence-electron chi connectivity index (χ1n) is 7.84. The van der Waals surface area contributed by atoms with Gasteiger partial charge in [-0.2, -0.15) is 15.0 Å². The molecule has 1 aliphatic heterocycles. The van der Waals surface area contributed by atoms with Crippen molar-refractivity contribution in [1.82, 2.24) is 19.9 Å². The second kappa shape index (κ2) is 7.19. The van der Waals surface area contributed by atoms with Crippen LogP contribution in [0.15, 0.2) is 18.2 Å². The van der Waals surface area contributed by atoms with Crippen LogP contribution in [-0.4, -0.2) is 53.1 Å². The van der Waals surface area contributed by atoms with Crippen molar-refractivity contribution in [2.24, 2.45) is 0 Å². The summed E-state index contributed by atoms with van der Waals surface area (Å²) >= 11 is 6.02. The van der Waals surface area contributed by atoms with Crippen molar-refractivity contribution in [2.75, 3.05) is 43.9 Å². The van der Waals surface area contributed by atoms with Gasteiger partial charge in [-0.3, -0.25) is 0 Å². The molecule has 0 spiro atoms. The lowest BCUT2D eigenvalue weighted by atomic mass is 10.2. The third kappa shape index (κ3) is 4.04. The van der Waals surface area contributed by atoms with Crippen LogP contribution in [0.25, 0.3) is 0 Å². The molecular weight excluding hydrogens is 328 g/mol. The third-order valence-corrected chi connectivity index (χ3v) is 4.39. The SMILES string of the molecule is Cc1cc(OCc2nc(N)nc(N3CCN(C)CC3)n2)ccc1Cl. The fourth-order valence-electron chi connectivity index (χ4n) is 2.49. The van der Waals surface area contributed by atoms with E-state index < -0.39 is 0 Å². The zero-order valence-electron chi connectivity index (χ0n) is 13.9. The zero-order chi connectivity index (χ0) is 17.1. The molecule has 3 rings (SSSR count). The molecule has 1 saturated heterocycles. The normalized spacial score (nSPS) is 15.5. The standard InChI is InChI=1S/C16H21ClN6O/c1-11-9-12(3-4-13(11)17)24-10-14-19-15(18)21-16(20-14)23-7-5-22(2)6-8-23/h3-4,9H,5-8,10H2,1-2H3,(H2,18,19,20,21). The third-order valence-electron chi connectivity index (χ3n) is 3.97. The summed E-state index contributed by atoms with van der Waals surface area (Å²) in [5.41, 5.74) is 6.79. The minimum atomic E-state index is 0.213. The van der Waals surface area contributed by atoms with Crippen LogP contribution in [0, 0.1) is 6.92 Å². The van der Waals surface area contributed by atoms with Crippen molar-refractivity contribution in [2.45, 2.75) is 13.5 Å². The number of nitrogen functional groups attached to an aromatic ring is 1. The maximum atomic E-state index is 6.02. The van der Waals surface area contributed by atoms with Gasteiger partial charge in [0.25, 0.3) is 0 Å². The molecule has 0 amide bonds. The minimum Gasteiger partial charge on any atom is -0.486 e. The lowest BCUT2D eigenvalue weighted by Crippen LogP contribution is -2.45. The minimum absolute atomic E-state index is 0.213. The van der Waals surface area contributed by atoms with Gasteiger partial charge in [-0.15, -0.1) is 0 Å². The lowest BCUT2D eigenvalue weighted by Gasteiger charge is -2.32. The number of likely N-dealkylation sites (N-methyl/N-ethyl adjacent to an activating group) is 1. The van der Waals surface area contributed by atoms with Crippen molar-refractivity contribution in [3.63, 3.8) is 0 Å². The van der Waals surface area contributed by atoms with E-state index in [1.54, 1.807) is 0 Å². The predicted octanol–water partition coefficient (Wildman–Crippen LogP) is 1.75. The Kier molecular flexibility index (Phi) is 5.01. The molecule has 1 aromatic carbocycles. The summed E-state index contributed by atoms with van der Waals surface area (Å²) in [7, 11) is 2.10. The Labute approximate surface area is 146 Å². The number of anilines is 2. The van der Waals surface area contributed by atoms with E-state index in [2.05, 4.69) is 31.8 Å². The van der Waals surface area contributed by atoms with Crippen LogP contribution in [-0.2, 0) is 6.61 Å². The number of aromatic nitrogens is 3. The van der Waals surface area contributed by atoms with Crippen molar-refractivity contribution in [1.29, 1.82) is 0 Å². The molecule has 0 saturated carbocycles. The molecule has 0 radical (unpaired) electrons. The van der Waals surface area contributed by atoms with Gasteiger partial charge in [0.1, 0.15) is 12.4 Å². The van der Waals surface area contributed by atoms with Gasteiger partial charge in [-0.25, -0.2) is 0 Å². The predicted molar refractivity (Wildman–Crippen MR) is 94.5 cm³/mol. The molecule has 7 nitrogen and oxygen atoms in total. The van der Waals surface area contributed by atoms with E-state index in [-0.39, 0.29) is 12.6 Å². The Hall–Kier alpha value is -2.12. The zero-order valence-corrected chi connectivity index (χ0v) is 14.6. The van der Waals surface area contributed by atoms with Crippen molar-refractivity contribution in [3.05, 3.63) is 34.6 Å². The molecular formula is C16H21ClN6O. The van der Waals surface area contributed by atoms with Gasteiger partial charge in [0.05, 0.1) is 0 Å². The van der Waals surface area contributed by atoms with E-state index in [1.807, 2.05) is 25.1 Å². The smallest absolute Gasteiger partial charge is 0.230 e. The summed E-state index contributed by atoms with van der Waals surface area (Å²) in [5.74, 6) is 2.06. The van der Waals surface area contributed by atoms with Crippen LogP contribution in [0.4, 0.5) is 11.9 Å². The molecule has 8 heteroatoms. The largest absolute Gasteiger partial charge is 0.486 e. The number of aryl methyl sites for hydroxylation is 1. The number of ether oxygens (including phenoxy) is 1. The summed E-state index contributed by atoms with van der Waals surface area (Å²) in [5, 5.41) is 0.712. The Morgan fingerprint density at radius 2 is 1.92 bits per heavy atom. The summed E-state index contributed by atoms with van der Waals surface area (Å²) in [6.45, 7) is 5.85. The summed E-state index contributed by atoms with van der Waals surface area (Å²) in [4.78, 5) is 17.3. The number of halogens is 1. The number of piperazine rings is 1. The fourth-order valence-corrected chi connectivity index (χ4v) is 2.61. The number of benzene rings is 1. The summed E-state index contributed by atoms with van der Waals surface area (Å²) in [6.07, 6.45) is 0. The molecule has 0 atom stereocenters. The summed E-state index contributed by atoms with van der Waals surface area (Å²) < 4.78 is 5.75.